The van der Waals surface area contributed by atoms with Gasteiger partial charge in [0.05, 0.1) is 0 Å². The molecule has 0 aliphatic carbocycles. The standard InChI is InChI=1S/3C45H29N3O/c1-5-14-30(15-6-1)34-22-13-23-35(26-34)44-46-43(33-20-11-4-12-21-33)47-45(48-44)36-24-25-38-40-28-37(31-16-7-2-8-17-31)27-39(32-18-9-3-10-19-32)42(40)49-41(38)29-36;1-5-14-30(15-6-1)34-22-13-23-35(26-34)44-46-43(33-20-11-4-12-21-33)47-45(48-44)36-24-25-41-39(27-36)40-29-37(31-16-7-2-8-17-31)28-38(42(40)49-41)32-18-9-3-10-19-32;1-5-13-30(14-6-1)32-21-23-35(24-22-32)44-46-43(34-19-11-4-12-20-34)47-45(48-44)36-25-26-38-40-28-37(31-15-7-2-8-16-31)27-39(33-17-9-3-10-18-33)42(40)49-41(38)29-36/h3*1-29H. The van der Waals surface area contributed by atoms with E-state index >= 15 is 0 Å². The zero-order valence-corrected chi connectivity index (χ0v) is 79.5. The van der Waals surface area contributed by atoms with Crippen molar-refractivity contribution < 1.29 is 13.3 Å². The van der Waals surface area contributed by atoms with Crippen LogP contribution >= 0.6 is 0 Å². The number of furan rings is 3. The van der Waals surface area contributed by atoms with Crippen molar-refractivity contribution in [3.8, 4) is 203 Å². The van der Waals surface area contributed by atoms with Crippen molar-refractivity contribution in [1.82, 2.24) is 44.9 Å². The van der Waals surface area contributed by atoms with E-state index in [0.29, 0.717) is 52.4 Å². The van der Waals surface area contributed by atoms with Gasteiger partial charge in [-0.15, -0.1) is 0 Å². The normalized spacial score (nSPS) is 11.3. The van der Waals surface area contributed by atoms with Gasteiger partial charge < -0.3 is 13.3 Å². The first-order chi connectivity index (χ1) is 72.8. The van der Waals surface area contributed by atoms with E-state index in [0.717, 1.165) is 210 Å². The average molecular weight is 1880 g/mol. The molecular formula is C135H87N9O3. The fourth-order valence-electron chi connectivity index (χ4n) is 19.4. The van der Waals surface area contributed by atoms with Crippen molar-refractivity contribution in [2.24, 2.45) is 0 Å². The molecule has 0 amide bonds. The Morgan fingerprint density at radius 3 is 0.585 bits per heavy atom. The van der Waals surface area contributed by atoms with E-state index in [9.17, 15) is 0 Å². The molecule has 0 atom stereocenters. The van der Waals surface area contributed by atoms with Crippen LogP contribution in [0.25, 0.3) is 268 Å². The Morgan fingerprint density at radius 1 is 0.102 bits per heavy atom. The zero-order chi connectivity index (χ0) is 97.7. The summed E-state index contributed by atoms with van der Waals surface area (Å²) < 4.78 is 20.0. The van der Waals surface area contributed by atoms with Gasteiger partial charge in [-0.05, 0) is 174 Å². The number of fused-ring (bicyclic) bond motifs is 9. The Hall–Kier alpha value is -20.0. The molecule has 0 fully saturated rings. The molecule has 21 aromatic carbocycles. The predicted molar refractivity (Wildman–Crippen MR) is 599 cm³/mol. The van der Waals surface area contributed by atoms with E-state index in [-0.39, 0.29) is 0 Å². The van der Waals surface area contributed by atoms with Crippen LogP contribution in [-0.2, 0) is 0 Å². The molecule has 0 spiro atoms. The topological polar surface area (TPSA) is 155 Å². The van der Waals surface area contributed by atoms with Gasteiger partial charge in [-0.25, -0.2) is 44.9 Å². The fraction of sp³-hybridized carbons (Fsp3) is 0. The molecule has 0 aliphatic heterocycles. The van der Waals surface area contributed by atoms with Gasteiger partial charge in [-0.1, -0.05) is 437 Å². The highest BCUT2D eigenvalue weighted by Crippen LogP contribution is 2.47. The maximum Gasteiger partial charge on any atom is 0.164 e. The van der Waals surface area contributed by atoms with Crippen LogP contribution in [0.4, 0.5) is 0 Å². The van der Waals surface area contributed by atoms with Crippen LogP contribution in [0.5, 0.6) is 0 Å². The molecule has 27 aromatic rings. The molecule has 0 unspecified atom stereocenters. The van der Waals surface area contributed by atoms with Gasteiger partial charge in [-0.3, -0.25) is 0 Å². The van der Waals surface area contributed by atoms with E-state index in [1.54, 1.807) is 0 Å². The lowest BCUT2D eigenvalue weighted by Gasteiger charge is -2.10. The number of nitrogens with zero attached hydrogens (tertiary/aromatic N) is 9. The summed E-state index contributed by atoms with van der Waals surface area (Å²) in [5.74, 6) is 5.50. The third-order valence-electron chi connectivity index (χ3n) is 26.8. The molecule has 12 nitrogen and oxygen atoms in total. The summed E-state index contributed by atoms with van der Waals surface area (Å²) in [4.78, 5) is 45.0. The monoisotopic (exact) mass is 1880 g/mol. The molecule has 0 bridgehead atoms. The van der Waals surface area contributed by atoms with E-state index in [1.165, 1.54) is 5.56 Å². The Balaban J connectivity index is 0.000000115. The highest BCUT2D eigenvalue weighted by atomic mass is 16.3. The molecule has 0 saturated carbocycles. The molecule has 0 aliphatic rings. The maximum absolute atomic E-state index is 6.71. The molecular weight excluding hydrogens is 1800 g/mol. The van der Waals surface area contributed by atoms with Crippen LogP contribution in [0.15, 0.2) is 541 Å². The fourth-order valence-corrected chi connectivity index (χ4v) is 19.4. The third-order valence-corrected chi connectivity index (χ3v) is 26.8. The van der Waals surface area contributed by atoms with Gasteiger partial charge in [0.1, 0.15) is 33.5 Å². The van der Waals surface area contributed by atoms with Crippen molar-refractivity contribution in [3.63, 3.8) is 0 Å². The Labute approximate surface area is 848 Å². The van der Waals surface area contributed by atoms with Gasteiger partial charge in [0.25, 0.3) is 0 Å². The van der Waals surface area contributed by atoms with Crippen LogP contribution in [0, 0.1) is 0 Å². The Morgan fingerprint density at radius 2 is 0.286 bits per heavy atom. The quantitative estimate of drug-likeness (QED) is 0.0803. The summed E-state index contributed by atoms with van der Waals surface area (Å²) in [6, 6.07) is 181. The lowest BCUT2D eigenvalue weighted by Crippen LogP contribution is -2.00. The first-order valence-electron chi connectivity index (χ1n) is 49.1. The van der Waals surface area contributed by atoms with Crippen molar-refractivity contribution >= 4 is 65.8 Å². The lowest BCUT2D eigenvalue weighted by molar-refractivity contribution is 0.669. The molecule has 0 radical (unpaired) electrons. The SMILES string of the molecule is c1ccc(-c2ccc(-c3nc(-c4ccccc4)nc(-c4ccc5c(c4)oc4c(-c6ccccc6)cc(-c6ccccc6)cc45)n3)cc2)cc1.c1ccc(-c2cccc(-c3nc(-c4ccccc4)nc(-c4ccc5c(c4)oc4c(-c6ccccc6)cc(-c6ccccc6)cc45)n3)c2)cc1.c1ccc(-c2cccc(-c3nc(-c4ccccc4)nc(-c4ccc5oc6c(-c7ccccc7)cc(-c7ccccc7)cc6c5c4)n3)c2)cc1. The first-order valence-corrected chi connectivity index (χ1v) is 49.1. The second-order valence-corrected chi connectivity index (χ2v) is 36.2. The number of hydrogen-bond acceptors (Lipinski definition) is 12. The number of benzene rings is 21. The minimum atomic E-state index is 0.588. The molecule has 147 heavy (non-hydrogen) atoms. The zero-order valence-electron chi connectivity index (χ0n) is 79.5. The third kappa shape index (κ3) is 18.4. The average Bonchev–Trinajstić information content (AvgIpc) is 1.60. The minimum absolute atomic E-state index is 0.588. The van der Waals surface area contributed by atoms with Gasteiger partial charge in [0.2, 0.25) is 0 Å². The number of aromatic nitrogens is 9. The molecule has 690 valence electrons. The summed E-state index contributed by atoms with van der Waals surface area (Å²) in [6.45, 7) is 0. The van der Waals surface area contributed by atoms with Crippen LogP contribution < -0.4 is 0 Å². The van der Waals surface area contributed by atoms with Crippen LogP contribution in [-0.4, -0.2) is 44.9 Å². The second kappa shape index (κ2) is 39.6. The highest BCUT2D eigenvalue weighted by Gasteiger charge is 2.25. The van der Waals surface area contributed by atoms with Crippen molar-refractivity contribution in [2.75, 3.05) is 0 Å². The predicted octanol–water partition coefficient (Wildman–Crippen LogP) is 35.3. The molecule has 6 heterocycles. The second-order valence-electron chi connectivity index (χ2n) is 36.2. The van der Waals surface area contributed by atoms with Crippen LogP contribution in [0.3, 0.4) is 0 Å². The molecule has 6 aromatic heterocycles. The molecule has 27 rings (SSSR count). The molecule has 12 heteroatoms. The van der Waals surface area contributed by atoms with Gasteiger partial charge in [-0.2, -0.15) is 0 Å². The largest absolute Gasteiger partial charge is 0.455 e. The summed E-state index contributed by atoms with van der Waals surface area (Å²) >= 11 is 0. The number of rotatable bonds is 18. The van der Waals surface area contributed by atoms with Crippen molar-refractivity contribution in [1.29, 1.82) is 0 Å². The van der Waals surface area contributed by atoms with E-state index in [2.05, 4.69) is 370 Å². The summed E-state index contributed by atoms with van der Waals surface area (Å²) in [5.41, 5.74) is 33.3. The summed E-state index contributed by atoms with van der Waals surface area (Å²) in [6.07, 6.45) is 0. The summed E-state index contributed by atoms with van der Waals surface area (Å²) in [5, 5.41) is 6.29. The first kappa shape index (κ1) is 88.5. The van der Waals surface area contributed by atoms with Gasteiger partial charge in [0.15, 0.2) is 52.4 Å². The van der Waals surface area contributed by atoms with Gasteiger partial charge >= 0.3 is 0 Å². The van der Waals surface area contributed by atoms with Gasteiger partial charge in [0, 0.05) is 99.1 Å². The highest BCUT2D eigenvalue weighted by molar-refractivity contribution is 6.15. The van der Waals surface area contributed by atoms with Crippen molar-refractivity contribution in [3.05, 3.63) is 528 Å². The van der Waals surface area contributed by atoms with E-state index < -0.39 is 0 Å². The van der Waals surface area contributed by atoms with E-state index in [4.69, 9.17) is 58.1 Å². The Kier molecular flexibility index (Phi) is 23.8. The lowest BCUT2D eigenvalue weighted by atomic mass is 9.95. The maximum atomic E-state index is 6.71. The minimum Gasteiger partial charge on any atom is -0.455 e. The number of hydrogen-bond donors (Lipinski definition) is 0. The summed E-state index contributed by atoms with van der Waals surface area (Å²) in [7, 11) is 0. The molecule has 0 N–H and O–H groups in total. The Bertz CT molecular complexity index is 9420. The smallest absolute Gasteiger partial charge is 0.164 e. The molecule has 0 saturated heterocycles. The van der Waals surface area contributed by atoms with Crippen LogP contribution in [0.1, 0.15) is 0 Å². The van der Waals surface area contributed by atoms with Crippen molar-refractivity contribution in [2.45, 2.75) is 0 Å². The van der Waals surface area contributed by atoms with Crippen LogP contribution in [0.2, 0.25) is 0 Å². The van der Waals surface area contributed by atoms with E-state index in [1.807, 2.05) is 158 Å².